The van der Waals surface area contributed by atoms with Crippen LogP contribution in [0.3, 0.4) is 0 Å². The fraction of sp³-hybridized carbons (Fsp3) is 0.250. The Balaban J connectivity index is 2.25. The van der Waals surface area contributed by atoms with E-state index in [0.29, 0.717) is 17.7 Å². The smallest absolute Gasteiger partial charge is 0.321 e. The number of aromatic nitrogens is 4. The predicted molar refractivity (Wildman–Crippen MR) is 49.5 cm³/mol. The first kappa shape index (κ1) is 8.61. The first-order valence-corrected chi connectivity index (χ1v) is 4.25. The van der Waals surface area contributed by atoms with Crippen molar-refractivity contribution < 1.29 is 4.52 Å². The number of nitrogens with zero attached hydrogens (tertiary/aromatic N) is 4. The molecule has 6 nitrogen and oxygen atoms in total. The number of nitrogens with one attached hydrogen (secondary N) is 1. The van der Waals surface area contributed by atoms with Crippen LogP contribution in [0.25, 0.3) is 11.6 Å². The molecular weight excluding hydrogens is 182 g/mol. The molecule has 0 fully saturated rings. The Morgan fingerprint density at radius 1 is 1.29 bits per heavy atom. The van der Waals surface area contributed by atoms with Gasteiger partial charge in [0.2, 0.25) is 11.6 Å². The highest BCUT2D eigenvalue weighted by Gasteiger charge is 2.08. The van der Waals surface area contributed by atoms with Gasteiger partial charge in [0.05, 0.1) is 0 Å². The fourth-order valence-corrected chi connectivity index (χ4v) is 0.952. The Morgan fingerprint density at radius 3 is 2.79 bits per heavy atom. The maximum absolute atomic E-state index is 4.91. The number of hydrogen-bond donors (Lipinski definition) is 1. The molecule has 0 saturated heterocycles. The zero-order valence-corrected chi connectivity index (χ0v) is 7.64. The summed E-state index contributed by atoms with van der Waals surface area (Å²) in [7, 11) is 0. The molecule has 2 rings (SSSR count). The van der Waals surface area contributed by atoms with Gasteiger partial charge in [-0.25, -0.2) is 9.97 Å². The van der Waals surface area contributed by atoms with Crippen LogP contribution in [-0.2, 0) is 0 Å². The van der Waals surface area contributed by atoms with Crippen LogP contribution in [0.15, 0.2) is 23.0 Å². The molecular formula is C8H9N5O. The molecule has 14 heavy (non-hydrogen) atoms. The molecule has 0 unspecified atom stereocenters. The molecule has 0 aliphatic carbocycles. The molecule has 0 spiro atoms. The average Bonchev–Trinajstić information content (AvgIpc) is 2.68. The van der Waals surface area contributed by atoms with Crippen molar-refractivity contribution >= 4 is 6.01 Å². The van der Waals surface area contributed by atoms with Crippen molar-refractivity contribution in [3.8, 4) is 11.6 Å². The van der Waals surface area contributed by atoms with Gasteiger partial charge >= 0.3 is 6.01 Å². The molecule has 0 atom stereocenters. The Morgan fingerprint density at radius 2 is 2.07 bits per heavy atom. The molecule has 0 aliphatic rings. The van der Waals surface area contributed by atoms with E-state index in [4.69, 9.17) is 4.52 Å². The van der Waals surface area contributed by atoms with Crippen molar-refractivity contribution in [1.29, 1.82) is 0 Å². The highest BCUT2D eigenvalue weighted by atomic mass is 16.5. The zero-order valence-electron chi connectivity index (χ0n) is 7.64. The minimum Gasteiger partial charge on any atom is -0.338 e. The second kappa shape index (κ2) is 3.82. The maximum Gasteiger partial charge on any atom is 0.321 e. The van der Waals surface area contributed by atoms with E-state index in [-0.39, 0.29) is 0 Å². The van der Waals surface area contributed by atoms with Crippen molar-refractivity contribution in [3.05, 3.63) is 18.5 Å². The van der Waals surface area contributed by atoms with Crippen LogP contribution < -0.4 is 5.32 Å². The molecule has 0 radical (unpaired) electrons. The molecule has 72 valence electrons. The Bertz CT molecular complexity index is 399. The van der Waals surface area contributed by atoms with E-state index < -0.39 is 0 Å². The standard InChI is InChI=1S/C8H9N5O/c1-2-9-8-12-7(13-14-8)6-10-4-3-5-11-6/h3-5H,2H2,1H3,(H,9,12,13). The Kier molecular flexibility index (Phi) is 2.35. The van der Waals surface area contributed by atoms with Gasteiger partial charge in [0.25, 0.3) is 0 Å². The maximum atomic E-state index is 4.91. The third-order valence-electron chi connectivity index (χ3n) is 1.52. The largest absolute Gasteiger partial charge is 0.338 e. The lowest BCUT2D eigenvalue weighted by atomic mass is 10.5. The van der Waals surface area contributed by atoms with Gasteiger partial charge in [-0.2, -0.15) is 4.98 Å². The van der Waals surface area contributed by atoms with Gasteiger partial charge in [-0.3, -0.25) is 0 Å². The summed E-state index contributed by atoms with van der Waals surface area (Å²) in [5.74, 6) is 0.849. The van der Waals surface area contributed by atoms with Crippen molar-refractivity contribution in [1.82, 2.24) is 20.1 Å². The Hall–Kier alpha value is -1.98. The summed E-state index contributed by atoms with van der Waals surface area (Å²) in [5.41, 5.74) is 0. The summed E-state index contributed by atoms with van der Waals surface area (Å²) in [6, 6.07) is 2.12. The predicted octanol–water partition coefficient (Wildman–Crippen LogP) is 0.958. The first-order valence-electron chi connectivity index (χ1n) is 4.25. The van der Waals surface area contributed by atoms with Gasteiger partial charge < -0.3 is 9.84 Å². The van der Waals surface area contributed by atoms with Crippen molar-refractivity contribution in [2.75, 3.05) is 11.9 Å². The topological polar surface area (TPSA) is 76.7 Å². The van der Waals surface area contributed by atoms with Crippen molar-refractivity contribution in [2.24, 2.45) is 0 Å². The van der Waals surface area contributed by atoms with Crippen molar-refractivity contribution in [3.63, 3.8) is 0 Å². The minimum absolute atomic E-state index is 0.384. The fourth-order valence-electron chi connectivity index (χ4n) is 0.952. The normalized spacial score (nSPS) is 10.1. The summed E-state index contributed by atoms with van der Waals surface area (Å²) in [6.07, 6.45) is 3.26. The monoisotopic (exact) mass is 191 g/mol. The molecule has 0 saturated carbocycles. The second-order valence-electron chi connectivity index (χ2n) is 2.53. The SMILES string of the molecule is CCNc1nc(-c2ncccn2)no1. The minimum atomic E-state index is 0.384. The second-order valence-corrected chi connectivity index (χ2v) is 2.53. The third kappa shape index (κ3) is 1.68. The van der Waals surface area contributed by atoms with E-state index in [1.54, 1.807) is 18.5 Å². The zero-order chi connectivity index (χ0) is 9.80. The third-order valence-corrected chi connectivity index (χ3v) is 1.52. The van der Waals surface area contributed by atoms with Crippen LogP contribution in [0, 0.1) is 0 Å². The van der Waals surface area contributed by atoms with Gasteiger partial charge in [0.15, 0.2) is 0 Å². The van der Waals surface area contributed by atoms with Gasteiger partial charge in [0, 0.05) is 18.9 Å². The molecule has 0 aliphatic heterocycles. The van der Waals surface area contributed by atoms with E-state index in [0.717, 1.165) is 6.54 Å². The van der Waals surface area contributed by atoms with Crippen LogP contribution >= 0.6 is 0 Å². The van der Waals surface area contributed by atoms with E-state index in [2.05, 4.69) is 25.4 Å². The van der Waals surface area contributed by atoms with Crippen LogP contribution in [0.2, 0.25) is 0 Å². The Labute approximate surface area is 80.4 Å². The lowest BCUT2D eigenvalue weighted by molar-refractivity contribution is 0.432. The van der Waals surface area contributed by atoms with E-state index in [9.17, 15) is 0 Å². The lowest BCUT2D eigenvalue weighted by Crippen LogP contribution is -1.96. The van der Waals surface area contributed by atoms with Crippen LogP contribution in [0.4, 0.5) is 6.01 Å². The van der Waals surface area contributed by atoms with E-state index >= 15 is 0 Å². The summed E-state index contributed by atoms with van der Waals surface area (Å²) >= 11 is 0. The van der Waals surface area contributed by atoms with Crippen LogP contribution in [-0.4, -0.2) is 26.7 Å². The molecule has 0 amide bonds. The molecule has 2 aromatic rings. The molecule has 0 aromatic carbocycles. The molecule has 6 heteroatoms. The van der Waals surface area contributed by atoms with E-state index in [1.807, 2.05) is 6.92 Å². The molecule has 0 bridgehead atoms. The first-order chi connectivity index (χ1) is 6.90. The summed E-state index contributed by atoms with van der Waals surface area (Å²) in [5, 5.41) is 6.63. The number of rotatable bonds is 3. The quantitative estimate of drug-likeness (QED) is 0.778. The summed E-state index contributed by atoms with van der Waals surface area (Å²) in [4.78, 5) is 12.1. The summed E-state index contributed by atoms with van der Waals surface area (Å²) in [6.45, 7) is 2.68. The number of hydrogen-bond acceptors (Lipinski definition) is 6. The van der Waals surface area contributed by atoms with Gasteiger partial charge in [0.1, 0.15) is 0 Å². The van der Waals surface area contributed by atoms with Crippen LogP contribution in [0.5, 0.6) is 0 Å². The van der Waals surface area contributed by atoms with Crippen LogP contribution in [0.1, 0.15) is 6.92 Å². The highest BCUT2D eigenvalue weighted by Crippen LogP contribution is 2.11. The summed E-state index contributed by atoms with van der Waals surface area (Å²) < 4.78 is 4.91. The highest BCUT2D eigenvalue weighted by molar-refractivity contribution is 5.43. The van der Waals surface area contributed by atoms with Gasteiger partial charge in [-0.1, -0.05) is 5.16 Å². The van der Waals surface area contributed by atoms with Gasteiger partial charge in [-0.15, -0.1) is 0 Å². The van der Waals surface area contributed by atoms with E-state index in [1.165, 1.54) is 0 Å². The van der Waals surface area contributed by atoms with Crippen molar-refractivity contribution in [2.45, 2.75) is 6.92 Å². The molecule has 2 aromatic heterocycles. The number of anilines is 1. The molecule has 2 heterocycles. The lowest BCUT2D eigenvalue weighted by Gasteiger charge is -1.90. The van der Waals surface area contributed by atoms with Gasteiger partial charge in [-0.05, 0) is 13.0 Å². The molecule has 1 N–H and O–H groups in total. The average molecular weight is 191 g/mol.